The van der Waals surface area contributed by atoms with Crippen molar-refractivity contribution >= 4 is 11.8 Å². The molecule has 1 fully saturated rings. The second-order valence-electron chi connectivity index (χ2n) is 5.76. The molecule has 1 aromatic heterocycles. The highest BCUT2D eigenvalue weighted by molar-refractivity contribution is 5.74. The fourth-order valence-corrected chi connectivity index (χ4v) is 2.83. The Morgan fingerprint density at radius 3 is 2.78 bits per heavy atom. The molecule has 3 rings (SSSR count). The fraction of sp³-hybridized carbons (Fsp3) is 0.333. The van der Waals surface area contributed by atoms with Crippen molar-refractivity contribution in [1.29, 1.82) is 0 Å². The van der Waals surface area contributed by atoms with Crippen LogP contribution in [0.25, 0.3) is 0 Å². The Morgan fingerprint density at radius 2 is 2.00 bits per heavy atom. The quantitative estimate of drug-likeness (QED) is 0.890. The molecule has 0 spiro atoms. The summed E-state index contributed by atoms with van der Waals surface area (Å²) >= 11 is 0. The Bertz CT molecular complexity index is 617. The molecule has 2 aromatic rings. The van der Waals surface area contributed by atoms with Crippen molar-refractivity contribution in [2.24, 2.45) is 0 Å². The van der Waals surface area contributed by atoms with Crippen molar-refractivity contribution in [1.82, 2.24) is 15.6 Å². The Labute approximate surface area is 136 Å². The number of aromatic nitrogens is 1. The van der Waals surface area contributed by atoms with E-state index in [1.165, 1.54) is 5.56 Å². The number of rotatable bonds is 5. The van der Waals surface area contributed by atoms with Crippen LogP contribution in [0.15, 0.2) is 54.7 Å². The number of benzene rings is 1. The number of amides is 2. The van der Waals surface area contributed by atoms with E-state index in [0.717, 1.165) is 31.7 Å². The zero-order chi connectivity index (χ0) is 15.9. The van der Waals surface area contributed by atoms with Crippen LogP contribution in [0.5, 0.6) is 0 Å². The largest absolute Gasteiger partial charge is 0.354 e. The summed E-state index contributed by atoms with van der Waals surface area (Å²) in [7, 11) is 0. The molecule has 120 valence electrons. The smallest absolute Gasteiger partial charge is 0.315 e. The molecular weight excluding hydrogens is 288 g/mol. The molecule has 1 saturated heterocycles. The van der Waals surface area contributed by atoms with E-state index in [0.29, 0.717) is 6.54 Å². The van der Waals surface area contributed by atoms with Gasteiger partial charge in [-0.25, -0.2) is 9.78 Å². The van der Waals surface area contributed by atoms with Gasteiger partial charge in [-0.1, -0.05) is 36.4 Å². The van der Waals surface area contributed by atoms with Gasteiger partial charge in [0.25, 0.3) is 0 Å². The lowest BCUT2D eigenvalue weighted by molar-refractivity contribution is 0.238. The molecule has 0 aliphatic carbocycles. The maximum atomic E-state index is 12.0. The summed E-state index contributed by atoms with van der Waals surface area (Å²) in [6, 6.07) is 16.2. The second-order valence-corrected chi connectivity index (χ2v) is 5.76. The minimum absolute atomic E-state index is 0.0891. The Kier molecular flexibility index (Phi) is 5.09. The summed E-state index contributed by atoms with van der Waals surface area (Å²) in [4.78, 5) is 18.5. The lowest BCUT2D eigenvalue weighted by Crippen LogP contribution is -2.44. The monoisotopic (exact) mass is 310 g/mol. The third-order valence-corrected chi connectivity index (χ3v) is 4.04. The van der Waals surface area contributed by atoms with Crippen LogP contribution in [0.3, 0.4) is 0 Å². The van der Waals surface area contributed by atoms with Gasteiger partial charge in [-0.05, 0) is 30.5 Å². The van der Waals surface area contributed by atoms with Crippen LogP contribution < -0.4 is 15.5 Å². The van der Waals surface area contributed by atoms with Crippen molar-refractivity contribution in [2.45, 2.75) is 18.9 Å². The number of pyridine rings is 1. The van der Waals surface area contributed by atoms with Crippen molar-refractivity contribution in [3.8, 4) is 0 Å². The molecule has 23 heavy (non-hydrogen) atoms. The molecule has 0 radical (unpaired) electrons. The van der Waals surface area contributed by atoms with E-state index >= 15 is 0 Å². The fourth-order valence-electron chi connectivity index (χ4n) is 2.83. The summed E-state index contributed by atoms with van der Waals surface area (Å²) < 4.78 is 0. The van der Waals surface area contributed by atoms with E-state index in [1.807, 2.05) is 36.4 Å². The van der Waals surface area contributed by atoms with Crippen LogP contribution in [0, 0.1) is 0 Å². The van der Waals surface area contributed by atoms with Crippen molar-refractivity contribution in [3.63, 3.8) is 0 Å². The summed E-state index contributed by atoms with van der Waals surface area (Å²) in [5, 5.41) is 5.97. The molecule has 2 heterocycles. The topological polar surface area (TPSA) is 57.3 Å². The molecule has 1 atom stereocenters. The second kappa shape index (κ2) is 7.63. The summed E-state index contributed by atoms with van der Waals surface area (Å²) in [5.74, 6) is 0.973. The number of anilines is 1. The molecule has 1 aliphatic heterocycles. The predicted octanol–water partition coefficient (Wildman–Crippen LogP) is 2.20. The van der Waals surface area contributed by atoms with Gasteiger partial charge in [0, 0.05) is 31.9 Å². The highest BCUT2D eigenvalue weighted by atomic mass is 16.2. The van der Waals surface area contributed by atoms with E-state index in [1.54, 1.807) is 6.20 Å². The summed E-state index contributed by atoms with van der Waals surface area (Å²) in [5.41, 5.74) is 1.23. The lowest BCUT2D eigenvalue weighted by atomic mass is 10.1. The number of carbonyl (C=O) groups excluding carboxylic acids is 1. The number of nitrogens with one attached hydrogen (secondary N) is 2. The molecule has 1 aromatic carbocycles. The zero-order valence-corrected chi connectivity index (χ0v) is 13.1. The highest BCUT2D eigenvalue weighted by Gasteiger charge is 2.24. The maximum Gasteiger partial charge on any atom is 0.315 e. The molecule has 0 saturated carbocycles. The SMILES string of the molecule is O=C(NCCc1ccccc1)NC1CCN(c2ccccn2)C1. The first kappa shape index (κ1) is 15.3. The number of hydrogen-bond acceptors (Lipinski definition) is 3. The van der Waals surface area contributed by atoms with Gasteiger partial charge in [-0.2, -0.15) is 0 Å². The van der Waals surface area contributed by atoms with Gasteiger partial charge in [0.1, 0.15) is 5.82 Å². The van der Waals surface area contributed by atoms with E-state index in [9.17, 15) is 4.79 Å². The molecule has 2 amide bonds. The molecule has 1 unspecified atom stereocenters. The van der Waals surface area contributed by atoms with Gasteiger partial charge in [0.05, 0.1) is 0 Å². The Morgan fingerprint density at radius 1 is 1.17 bits per heavy atom. The first-order valence-electron chi connectivity index (χ1n) is 8.05. The average Bonchev–Trinajstić information content (AvgIpc) is 3.05. The lowest BCUT2D eigenvalue weighted by Gasteiger charge is -2.18. The van der Waals surface area contributed by atoms with Gasteiger partial charge in [0.2, 0.25) is 0 Å². The number of hydrogen-bond donors (Lipinski definition) is 2. The zero-order valence-electron chi connectivity index (χ0n) is 13.1. The summed E-state index contributed by atoms with van der Waals surface area (Å²) in [6.07, 6.45) is 3.59. The molecule has 5 nitrogen and oxygen atoms in total. The van der Waals surface area contributed by atoms with Crippen LogP contribution in [0.2, 0.25) is 0 Å². The molecule has 5 heteroatoms. The van der Waals surface area contributed by atoms with Gasteiger partial charge < -0.3 is 15.5 Å². The van der Waals surface area contributed by atoms with Gasteiger partial charge >= 0.3 is 6.03 Å². The molecule has 0 bridgehead atoms. The Hall–Kier alpha value is -2.56. The molecule has 1 aliphatic rings. The normalized spacial score (nSPS) is 17.0. The van der Waals surface area contributed by atoms with Crippen LogP contribution in [-0.2, 0) is 6.42 Å². The number of urea groups is 1. The van der Waals surface area contributed by atoms with Crippen molar-refractivity contribution < 1.29 is 4.79 Å². The van der Waals surface area contributed by atoms with Gasteiger partial charge in [-0.3, -0.25) is 0 Å². The van der Waals surface area contributed by atoms with E-state index in [4.69, 9.17) is 0 Å². The first-order valence-corrected chi connectivity index (χ1v) is 8.05. The maximum absolute atomic E-state index is 12.0. The van der Waals surface area contributed by atoms with Crippen LogP contribution in [0.1, 0.15) is 12.0 Å². The van der Waals surface area contributed by atoms with Crippen LogP contribution >= 0.6 is 0 Å². The van der Waals surface area contributed by atoms with Crippen LogP contribution in [-0.4, -0.2) is 36.7 Å². The standard InChI is InChI=1S/C18H22N4O/c23-18(20-12-9-15-6-2-1-3-7-15)21-16-10-13-22(14-16)17-8-4-5-11-19-17/h1-8,11,16H,9-10,12-14H2,(H2,20,21,23). The van der Waals surface area contributed by atoms with E-state index < -0.39 is 0 Å². The average molecular weight is 310 g/mol. The Balaban J connectivity index is 1.39. The number of carbonyl (C=O) groups is 1. The number of nitrogens with zero attached hydrogens (tertiary/aromatic N) is 2. The minimum atomic E-state index is -0.0891. The third-order valence-electron chi connectivity index (χ3n) is 4.04. The van der Waals surface area contributed by atoms with E-state index in [-0.39, 0.29) is 12.1 Å². The molecular formula is C18H22N4O. The van der Waals surface area contributed by atoms with E-state index in [2.05, 4.69) is 32.7 Å². The first-order chi connectivity index (χ1) is 11.3. The van der Waals surface area contributed by atoms with Crippen molar-refractivity contribution in [2.75, 3.05) is 24.5 Å². The molecule has 2 N–H and O–H groups in total. The third kappa shape index (κ3) is 4.45. The van der Waals surface area contributed by atoms with Gasteiger partial charge in [-0.15, -0.1) is 0 Å². The predicted molar refractivity (Wildman–Crippen MR) is 91.5 cm³/mol. The highest BCUT2D eigenvalue weighted by Crippen LogP contribution is 2.17. The summed E-state index contributed by atoms with van der Waals surface area (Å²) in [6.45, 7) is 2.38. The van der Waals surface area contributed by atoms with Crippen LogP contribution in [0.4, 0.5) is 10.6 Å². The van der Waals surface area contributed by atoms with Crippen molar-refractivity contribution in [3.05, 3.63) is 60.3 Å². The van der Waals surface area contributed by atoms with Gasteiger partial charge in [0.15, 0.2) is 0 Å². The minimum Gasteiger partial charge on any atom is -0.354 e.